The van der Waals surface area contributed by atoms with E-state index in [4.69, 9.17) is 31.2 Å². The summed E-state index contributed by atoms with van der Waals surface area (Å²) in [5.41, 5.74) is 4.15. The highest BCUT2D eigenvalue weighted by Gasteiger charge is 2.29. The minimum atomic E-state index is -0.243. The molecule has 0 radical (unpaired) electrons. The molecule has 0 spiro atoms. The molecule has 1 aliphatic rings. The van der Waals surface area contributed by atoms with Crippen molar-refractivity contribution in [3.63, 3.8) is 0 Å². The van der Waals surface area contributed by atoms with Crippen molar-refractivity contribution in [3.05, 3.63) is 75.9 Å². The average Bonchev–Trinajstić information content (AvgIpc) is 3.11. The Kier molecular flexibility index (Phi) is 7.41. The standard InChI is InChI=1S/C27H28N2O5S/c1-31-22-13-11-18-19(15-21(22)30)20(29-27(35)28-17-8-6-5-7-9-17)12-10-16-14-23(32-2)25(33-3)26(34-4)24(16)18/h5-9,11,13-15,20H,10,12H2,1-4H3,(H2,28,29,35)/t20-/m1/s1. The van der Waals surface area contributed by atoms with Crippen molar-refractivity contribution in [3.8, 4) is 34.1 Å². The van der Waals surface area contributed by atoms with Crippen LogP contribution in [0.15, 0.2) is 59.4 Å². The molecule has 0 heterocycles. The molecule has 0 aliphatic heterocycles. The maximum atomic E-state index is 13.0. The van der Waals surface area contributed by atoms with Gasteiger partial charge in [-0.1, -0.05) is 24.3 Å². The highest BCUT2D eigenvalue weighted by molar-refractivity contribution is 7.80. The number of hydrogen-bond donors (Lipinski definition) is 2. The number of aryl methyl sites for hydroxylation is 1. The van der Waals surface area contributed by atoms with Crippen molar-refractivity contribution < 1.29 is 18.9 Å². The second-order valence-corrected chi connectivity index (χ2v) is 8.42. The molecular weight excluding hydrogens is 464 g/mol. The molecule has 1 aliphatic carbocycles. The highest BCUT2D eigenvalue weighted by atomic mass is 32.1. The number of fused-ring (bicyclic) bond motifs is 3. The second-order valence-electron chi connectivity index (χ2n) is 8.01. The van der Waals surface area contributed by atoms with Gasteiger partial charge in [0.05, 0.1) is 34.5 Å². The van der Waals surface area contributed by atoms with Gasteiger partial charge in [-0.3, -0.25) is 4.79 Å². The molecule has 0 unspecified atom stereocenters. The van der Waals surface area contributed by atoms with Crippen LogP contribution in [0.25, 0.3) is 11.1 Å². The van der Waals surface area contributed by atoms with Crippen LogP contribution < -0.4 is 35.0 Å². The average molecular weight is 493 g/mol. The van der Waals surface area contributed by atoms with Crippen LogP contribution in [0.3, 0.4) is 0 Å². The van der Waals surface area contributed by atoms with Crippen molar-refractivity contribution >= 4 is 23.0 Å². The zero-order chi connectivity index (χ0) is 24.9. The molecule has 0 amide bonds. The van der Waals surface area contributed by atoms with Crippen LogP contribution in [0.5, 0.6) is 23.0 Å². The molecule has 182 valence electrons. The summed E-state index contributed by atoms with van der Waals surface area (Å²) in [4.78, 5) is 13.0. The molecule has 0 aromatic heterocycles. The molecule has 35 heavy (non-hydrogen) atoms. The van der Waals surface area contributed by atoms with E-state index in [1.165, 1.54) is 7.11 Å². The first kappa shape index (κ1) is 24.3. The summed E-state index contributed by atoms with van der Waals surface area (Å²) in [6.07, 6.45) is 1.38. The number of para-hydroxylation sites is 1. The third kappa shape index (κ3) is 4.88. The Balaban J connectivity index is 1.87. The monoisotopic (exact) mass is 492 g/mol. The lowest BCUT2D eigenvalue weighted by atomic mass is 9.95. The predicted octanol–water partition coefficient (Wildman–Crippen LogP) is 4.72. The van der Waals surface area contributed by atoms with Crippen molar-refractivity contribution in [2.24, 2.45) is 0 Å². The Morgan fingerprint density at radius 3 is 2.26 bits per heavy atom. The van der Waals surface area contributed by atoms with Crippen LogP contribution in [0, 0.1) is 0 Å². The number of nitrogens with one attached hydrogen (secondary N) is 2. The Morgan fingerprint density at radius 2 is 1.60 bits per heavy atom. The van der Waals surface area contributed by atoms with E-state index in [1.807, 2.05) is 42.5 Å². The molecule has 1 atom stereocenters. The number of anilines is 1. The molecule has 8 heteroatoms. The predicted molar refractivity (Wildman–Crippen MR) is 141 cm³/mol. The first-order valence-corrected chi connectivity index (χ1v) is 11.6. The SMILES string of the molecule is COc1cc2c(c(OC)c1OC)-c1ccc(OC)c(=O)cc1[C@H](NC(=S)Nc1ccccc1)CC2. The molecule has 2 N–H and O–H groups in total. The lowest BCUT2D eigenvalue weighted by molar-refractivity contribution is 0.324. The first-order valence-electron chi connectivity index (χ1n) is 11.2. The molecule has 3 aromatic rings. The first-order chi connectivity index (χ1) is 17.0. The van der Waals surface area contributed by atoms with Crippen LogP contribution in [-0.2, 0) is 6.42 Å². The van der Waals surface area contributed by atoms with Gasteiger partial charge in [-0.05, 0) is 72.1 Å². The van der Waals surface area contributed by atoms with Crippen molar-refractivity contribution in [1.82, 2.24) is 5.32 Å². The zero-order valence-corrected chi connectivity index (χ0v) is 21.0. The summed E-state index contributed by atoms with van der Waals surface area (Å²) in [5, 5.41) is 7.09. The van der Waals surface area contributed by atoms with Gasteiger partial charge in [-0.2, -0.15) is 0 Å². The minimum absolute atomic E-state index is 0.217. The van der Waals surface area contributed by atoms with E-state index in [0.717, 1.165) is 27.9 Å². The number of benzene rings is 2. The summed E-state index contributed by atoms with van der Waals surface area (Å²) < 4.78 is 22.4. The van der Waals surface area contributed by atoms with Crippen LogP contribution in [0.1, 0.15) is 23.6 Å². The molecule has 0 saturated heterocycles. The van der Waals surface area contributed by atoms with Crippen molar-refractivity contribution in [1.29, 1.82) is 0 Å². The van der Waals surface area contributed by atoms with Gasteiger partial charge in [0.1, 0.15) is 0 Å². The number of thiocarbonyl (C=S) groups is 1. The maximum Gasteiger partial charge on any atom is 0.220 e. The molecule has 3 aromatic carbocycles. The molecule has 0 saturated carbocycles. The fraction of sp³-hybridized carbons (Fsp3) is 0.259. The molecule has 0 bridgehead atoms. The lowest BCUT2D eigenvalue weighted by Gasteiger charge is -2.21. The number of rotatable bonds is 6. The summed E-state index contributed by atoms with van der Waals surface area (Å²) in [7, 11) is 6.26. The number of ether oxygens (including phenoxy) is 4. The van der Waals surface area contributed by atoms with Crippen molar-refractivity contribution in [2.45, 2.75) is 18.9 Å². The third-order valence-electron chi connectivity index (χ3n) is 6.06. The molecular formula is C27H28N2O5S. The quantitative estimate of drug-likeness (QED) is 0.479. The fourth-order valence-corrected chi connectivity index (χ4v) is 4.72. The number of methoxy groups -OCH3 is 4. The molecule has 4 rings (SSSR count). The smallest absolute Gasteiger partial charge is 0.220 e. The van der Waals surface area contributed by atoms with E-state index in [0.29, 0.717) is 35.2 Å². The van der Waals surface area contributed by atoms with Gasteiger partial charge in [0, 0.05) is 11.3 Å². The lowest BCUT2D eigenvalue weighted by Crippen LogP contribution is -2.32. The third-order valence-corrected chi connectivity index (χ3v) is 6.28. The second kappa shape index (κ2) is 10.7. The van der Waals surface area contributed by atoms with Gasteiger partial charge in [-0.25, -0.2) is 0 Å². The van der Waals surface area contributed by atoms with Gasteiger partial charge in [-0.15, -0.1) is 0 Å². The van der Waals surface area contributed by atoms with E-state index in [-0.39, 0.29) is 17.2 Å². The van der Waals surface area contributed by atoms with Gasteiger partial charge >= 0.3 is 0 Å². The fourth-order valence-electron chi connectivity index (χ4n) is 4.46. The van der Waals surface area contributed by atoms with E-state index >= 15 is 0 Å². The van der Waals surface area contributed by atoms with E-state index in [2.05, 4.69) is 10.6 Å². The largest absolute Gasteiger partial charge is 0.493 e. The van der Waals surface area contributed by atoms with Crippen LogP contribution >= 0.6 is 12.2 Å². The zero-order valence-electron chi connectivity index (χ0n) is 20.1. The maximum absolute atomic E-state index is 13.0. The summed E-state index contributed by atoms with van der Waals surface area (Å²) in [6.45, 7) is 0. The van der Waals surface area contributed by atoms with Crippen LogP contribution in [-0.4, -0.2) is 33.6 Å². The Labute approximate surface area is 210 Å². The molecule has 0 fully saturated rings. The Morgan fingerprint density at radius 1 is 0.886 bits per heavy atom. The summed E-state index contributed by atoms with van der Waals surface area (Å²) >= 11 is 5.62. The Hall–Kier alpha value is -3.78. The number of hydrogen-bond acceptors (Lipinski definition) is 6. The van der Waals surface area contributed by atoms with E-state index in [1.54, 1.807) is 33.5 Å². The van der Waals surface area contributed by atoms with Gasteiger partial charge in [0.25, 0.3) is 0 Å². The van der Waals surface area contributed by atoms with Crippen LogP contribution in [0.4, 0.5) is 5.69 Å². The van der Waals surface area contributed by atoms with E-state index in [9.17, 15) is 4.79 Å². The Bertz CT molecular complexity index is 1300. The van der Waals surface area contributed by atoms with E-state index < -0.39 is 0 Å². The normalized spacial score (nSPS) is 14.0. The molecule has 7 nitrogen and oxygen atoms in total. The highest BCUT2D eigenvalue weighted by Crippen LogP contribution is 2.50. The summed E-state index contributed by atoms with van der Waals surface area (Å²) in [5.74, 6) is 1.88. The van der Waals surface area contributed by atoms with Gasteiger partial charge in [0.2, 0.25) is 11.2 Å². The van der Waals surface area contributed by atoms with Gasteiger partial charge < -0.3 is 29.6 Å². The van der Waals surface area contributed by atoms with Gasteiger partial charge in [0.15, 0.2) is 22.4 Å². The minimum Gasteiger partial charge on any atom is -0.493 e. The van der Waals surface area contributed by atoms with Crippen LogP contribution in [0.2, 0.25) is 0 Å². The van der Waals surface area contributed by atoms with Crippen molar-refractivity contribution in [2.75, 3.05) is 33.8 Å². The topological polar surface area (TPSA) is 78.0 Å². The summed E-state index contributed by atoms with van der Waals surface area (Å²) in [6, 6.07) is 16.6.